The minimum Gasteiger partial charge on any atom is -0.366 e. The summed E-state index contributed by atoms with van der Waals surface area (Å²) in [6, 6.07) is 5.10. The molecule has 4 rings (SSSR count). The van der Waals surface area contributed by atoms with Crippen molar-refractivity contribution in [3.05, 3.63) is 53.2 Å². The Balaban J connectivity index is 1.51. The summed E-state index contributed by atoms with van der Waals surface area (Å²) in [5.41, 5.74) is 7.42. The molecule has 2 aromatic rings. The maximum absolute atomic E-state index is 12.2. The molecule has 36 heavy (non-hydrogen) atoms. The maximum atomic E-state index is 12.2. The Labute approximate surface area is 217 Å². The fourth-order valence-electron chi connectivity index (χ4n) is 5.55. The number of halogens is 1. The van der Waals surface area contributed by atoms with E-state index in [2.05, 4.69) is 32.5 Å². The molecule has 2 saturated carbocycles. The molecule has 1 aromatic carbocycles. The summed E-state index contributed by atoms with van der Waals surface area (Å²) in [6.07, 6.45) is 12.3. The van der Waals surface area contributed by atoms with Gasteiger partial charge in [0.1, 0.15) is 5.02 Å². The molecule has 3 atom stereocenters. The number of benzene rings is 1. The van der Waals surface area contributed by atoms with Crippen molar-refractivity contribution < 1.29 is 9.59 Å². The highest BCUT2D eigenvalue weighted by Crippen LogP contribution is 2.39. The highest BCUT2D eigenvalue weighted by atomic mass is 35.5. The molecular formula is C27H35ClN6O2. The third kappa shape index (κ3) is 6.35. The van der Waals surface area contributed by atoms with Crippen LogP contribution in [0.4, 0.5) is 17.5 Å². The molecule has 8 nitrogen and oxygen atoms in total. The average Bonchev–Trinajstić information content (AvgIpc) is 2.88. The van der Waals surface area contributed by atoms with E-state index < -0.39 is 5.91 Å². The second-order valence-corrected chi connectivity index (χ2v) is 10.4. The summed E-state index contributed by atoms with van der Waals surface area (Å²) >= 11 is 6.47. The molecule has 0 spiro atoms. The quantitative estimate of drug-likeness (QED) is 0.366. The third-order valence-electron chi connectivity index (χ3n) is 7.56. The molecule has 5 N–H and O–H groups in total. The van der Waals surface area contributed by atoms with Gasteiger partial charge in [0.2, 0.25) is 17.8 Å². The predicted octanol–water partition coefficient (Wildman–Crippen LogP) is 5.11. The van der Waals surface area contributed by atoms with Crippen LogP contribution in [0.1, 0.15) is 67.3 Å². The van der Waals surface area contributed by atoms with E-state index in [0.29, 0.717) is 34.0 Å². The van der Waals surface area contributed by atoms with Crippen LogP contribution in [-0.2, 0) is 4.79 Å². The zero-order valence-corrected chi connectivity index (χ0v) is 21.5. The molecular weight excluding hydrogens is 476 g/mol. The van der Waals surface area contributed by atoms with Gasteiger partial charge in [-0.2, -0.15) is 4.98 Å². The number of nitrogens with two attached hydrogens (primary N) is 1. The van der Waals surface area contributed by atoms with E-state index in [4.69, 9.17) is 17.3 Å². The lowest BCUT2D eigenvalue weighted by molar-refractivity contribution is -0.117. The van der Waals surface area contributed by atoms with Crippen LogP contribution in [-0.4, -0.2) is 33.9 Å². The zero-order chi connectivity index (χ0) is 25.7. The second-order valence-electron chi connectivity index (χ2n) is 9.95. The number of hydrogen-bond donors (Lipinski definition) is 4. The first-order valence-corrected chi connectivity index (χ1v) is 13.1. The van der Waals surface area contributed by atoms with Crippen molar-refractivity contribution in [2.24, 2.45) is 17.6 Å². The van der Waals surface area contributed by atoms with Crippen LogP contribution in [0.3, 0.4) is 0 Å². The van der Waals surface area contributed by atoms with Gasteiger partial charge in [0.15, 0.2) is 5.82 Å². The summed E-state index contributed by atoms with van der Waals surface area (Å²) < 4.78 is 0. The van der Waals surface area contributed by atoms with Gasteiger partial charge in [0.25, 0.3) is 0 Å². The van der Waals surface area contributed by atoms with Gasteiger partial charge < -0.3 is 21.7 Å². The topological polar surface area (TPSA) is 122 Å². The van der Waals surface area contributed by atoms with E-state index in [0.717, 1.165) is 30.7 Å². The summed E-state index contributed by atoms with van der Waals surface area (Å²) in [4.78, 5) is 32.7. The number of hydrogen-bond acceptors (Lipinski definition) is 6. The number of anilines is 3. The zero-order valence-electron chi connectivity index (χ0n) is 20.7. The fourth-order valence-corrected chi connectivity index (χ4v) is 5.69. The van der Waals surface area contributed by atoms with E-state index in [-0.39, 0.29) is 18.0 Å². The average molecular weight is 511 g/mol. The molecule has 192 valence electrons. The van der Waals surface area contributed by atoms with E-state index in [9.17, 15) is 9.59 Å². The van der Waals surface area contributed by atoms with Crippen molar-refractivity contribution in [1.82, 2.24) is 15.3 Å². The van der Waals surface area contributed by atoms with Crippen molar-refractivity contribution in [1.29, 1.82) is 0 Å². The second kappa shape index (κ2) is 11.7. The van der Waals surface area contributed by atoms with Gasteiger partial charge >= 0.3 is 0 Å². The molecule has 0 radical (unpaired) electrons. The summed E-state index contributed by atoms with van der Waals surface area (Å²) in [5, 5.41) is 10.2. The Morgan fingerprint density at radius 1 is 1.11 bits per heavy atom. The molecule has 0 saturated heterocycles. The fraction of sp³-hybridized carbons (Fsp3) is 0.481. The number of aromatic nitrogens is 2. The predicted molar refractivity (Wildman–Crippen MR) is 143 cm³/mol. The van der Waals surface area contributed by atoms with Crippen molar-refractivity contribution >= 4 is 40.9 Å². The molecule has 3 unspecified atom stereocenters. The van der Waals surface area contributed by atoms with Gasteiger partial charge in [-0.05, 0) is 61.8 Å². The lowest BCUT2D eigenvalue weighted by atomic mass is 9.71. The maximum Gasteiger partial charge on any atom is 0.248 e. The standard InChI is InChI=1S/C27H35ClN6O2/c1-3-24(35)31-23-13-18(17-7-5-4-6-8-17)11-12-21(23)32-26-20(28)15-30-27(34-26)33-22-14-19(25(29)36)10-9-16(22)2/h3,9-10,14-15,17-18,21,23H,1,4-8,11-13H2,2H3,(H2,29,36)(H,31,35)(H2,30,32,33,34). The van der Waals surface area contributed by atoms with Gasteiger partial charge in [-0.25, -0.2) is 4.98 Å². The summed E-state index contributed by atoms with van der Waals surface area (Å²) in [5.74, 6) is 1.51. The van der Waals surface area contributed by atoms with Crippen LogP contribution in [0.25, 0.3) is 0 Å². The van der Waals surface area contributed by atoms with Crippen LogP contribution < -0.4 is 21.7 Å². The van der Waals surface area contributed by atoms with Crippen molar-refractivity contribution in [2.75, 3.05) is 10.6 Å². The first-order chi connectivity index (χ1) is 17.3. The summed E-state index contributed by atoms with van der Waals surface area (Å²) in [7, 11) is 0. The van der Waals surface area contributed by atoms with Gasteiger partial charge in [0.05, 0.1) is 6.20 Å². The molecule has 2 aliphatic carbocycles. The Bertz CT molecular complexity index is 1120. The molecule has 9 heteroatoms. The molecule has 1 aromatic heterocycles. The molecule has 2 amide bonds. The number of aryl methyl sites for hydroxylation is 1. The number of carbonyl (C=O) groups is 2. The Kier molecular flexibility index (Phi) is 8.46. The lowest BCUT2D eigenvalue weighted by Crippen LogP contribution is -2.51. The number of nitrogens with zero attached hydrogens (tertiary/aromatic N) is 2. The van der Waals surface area contributed by atoms with Crippen molar-refractivity contribution in [3.63, 3.8) is 0 Å². The Hall–Kier alpha value is -3.13. The van der Waals surface area contributed by atoms with Crippen molar-refractivity contribution in [2.45, 2.75) is 70.4 Å². The molecule has 2 fully saturated rings. The Morgan fingerprint density at radius 2 is 1.89 bits per heavy atom. The van der Waals surface area contributed by atoms with Gasteiger partial charge in [0, 0.05) is 23.3 Å². The number of carbonyl (C=O) groups excluding carboxylic acids is 2. The summed E-state index contributed by atoms with van der Waals surface area (Å²) in [6.45, 7) is 5.54. The van der Waals surface area contributed by atoms with Gasteiger partial charge in [-0.1, -0.05) is 56.4 Å². The Morgan fingerprint density at radius 3 is 2.61 bits per heavy atom. The monoisotopic (exact) mass is 510 g/mol. The smallest absolute Gasteiger partial charge is 0.248 e. The highest BCUT2D eigenvalue weighted by molar-refractivity contribution is 6.32. The molecule has 1 heterocycles. The SMILES string of the molecule is C=CC(=O)NC1CC(C2CCCCC2)CCC1Nc1nc(Nc2cc(C(N)=O)ccc2C)ncc1Cl. The van der Waals surface area contributed by atoms with E-state index in [1.54, 1.807) is 12.1 Å². The lowest BCUT2D eigenvalue weighted by Gasteiger charge is -2.41. The first kappa shape index (κ1) is 25.9. The normalized spacial score (nSPS) is 22.4. The molecule has 2 aliphatic rings. The van der Waals surface area contributed by atoms with Crippen LogP contribution in [0.15, 0.2) is 37.1 Å². The van der Waals surface area contributed by atoms with E-state index >= 15 is 0 Å². The van der Waals surface area contributed by atoms with Gasteiger partial charge in [-0.15, -0.1) is 0 Å². The first-order valence-electron chi connectivity index (χ1n) is 12.7. The van der Waals surface area contributed by atoms with Crippen molar-refractivity contribution in [3.8, 4) is 0 Å². The van der Waals surface area contributed by atoms with Crippen LogP contribution in [0.2, 0.25) is 5.02 Å². The third-order valence-corrected chi connectivity index (χ3v) is 7.83. The number of primary amides is 1. The van der Waals surface area contributed by atoms with E-state index in [1.165, 1.54) is 44.4 Å². The van der Waals surface area contributed by atoms with Crippen LogP contribution in [0, 0.1) is 18.8 Å². The number of nitrogens with one attached hydrogen (secondary N) is 3. The number of rotatable bonds is 8. The minimum absolute atomic E-state index is 0.0195. The van der Waals surface area contributed by atoms with E-state index in [1.807, 2.05) is 13.0 Å². The minimum atomic E-state index is -0.506. The largest absolute Gasteiger partial charge is 0.366 e. The highest BCUT2D eigenvalue weighted by Gasteiger charge is 2.35. The molecule has 0 aliphatic heterocycles. The van der Waals surface area contributed by atoms with Crippen LogP contribution >= 0.6 is 11.6 Å². The van der Waals surface area contributed by atoms with Crippen LogP contribution in [0.5, 0.6) is 0 Å². The number of amides is 2. The van der Waals surface area contributed by atoms with Gasteiger partial charge in [-0.3, -0.25) is 9.59 Å². The molecule has 0 bridgehead atoms.